The van der Waals surface area contributed by atoms with Crippen LogP contribution in [0.5, 0.6) is 0 Å². The number of halogens is 1. The molecule has 0 aromatic heterocycles. The minimum Gasteiger partial charge on any atom is -0.376 e. The number of rotatable bonds is 6. The molecule has 0 bridgehead atoms. The SMILES string of the molecule is CCC(=O)Nc1cccc(NCC(=O)Nc2ccccc2Cl)c1. The van der Waals surface area contributed by atoms with Gasteiger partial charge in [0.2, 0.25) is 11.8 Å². The fourth-order valence-corrected chi connectivity index (χ4v) is 2.08. The van der Waals surface area contributed by atoms with Gasteiger partial charge in [-0.1, -0.05) is 36.7 Å². The average Bonchev–Trinajstić information content (AvgIpc) is 2.55. The molecule has 5 nitrogen and oxygen atoms in total. The Labute approximate surface area is 140 Å². The Morgan fingerprint density at radius 2 is 1.70 bits per heavy atom. The average molecular weight is 332 g/mol. The van der Waals surface area contributed by atoms with Crippen LogP contribution < -0.4 is 16.0 Å². The maximum atomic E-state index is 11.9. The van der Waals surface area contributed by atoms with E-state index < -0.39 is 0 Å². The van der Waals surface area contributed by atoms with Gasteiger partial charge in [-0.3, -0.25) is 9.59 Å². The molecular weight excluding hydrogens is 314 g/mol. The van der Waals surface area contributed by atoms with E-state index in [0.29, 0.717) is 22.8 Å². The molecule has 23 heavy (non-hydrogen) atoms. The van der Waals surface area contributed by atoms with Crippen molar-refractivity contribution in [2.24, 2.45) is 0 Å². The highest BCUT2D eigenvalue weighted by Gasteiger charge is 2.06. The number of hydrogen-bond donors (Lipinski definition) is 3. The van der Waals surface area contributed by atoms with Crippen LogP contribution in [0.1, 0.15) is 13.3 Å². The number of carbonyl (C=O) groups excluding carboxylic acids is 2. The van der Waals surface area contributed by atoms with Crippen LogP contribution in [0.4, 0.5) is 17.1 Å². The molecule has 6 heteroatoms. The molecule has 2 rings (SSSR count). The zero-order valence-electron chi connectivity index (χ0n) is 12.7. The van der Waals surface area contributed by atoms with Crippen molar-refractivity contribution in [3.05, 3.63) is 53.6 Å². The van der Waals surface area contributed by atoms with E-state index in [1.165, 1.54) is 0 Å². The highest BCUT2D eigenvalue weighted by molar-refractivity contribution is 6.33. The van der Waals surface area contributed by atoms with Crippen LogP contribution in [0.25, 0.3) is 0 Å². The van der Waals surface area contributed by atoms with Gasteiger partial charge < -0.3 is 16.0 Å². The van der Waals surface area contributed by atoms with Crippen LogP contribution in [0.15, 0.2) is 48.5 Å². The molecule has 0 saturated heterocycles. The van der Waals surface area contributed by atoms with Crippen LogP contribution >= 0.6 is 11.6 Å². The Bertz CT molecular complexity index is 704. The third kappa shape index (κ3) is 5.30. The van der Waals surface area contributed by atoms with E-state index in [4.69, 9.17) is 11.6 Å². The first-order chi connectivity index (χ1) is 11.1. The van der Waals surface area contributed by atoms with Crippen LogP contribution in [0, 0.1) is 0 Å². The Morgan fingerprint density at radius 1 is 0.957 bits per heavy atom. The van der Waals surface area contributed by atoms with E-state index in [2.05, 4.69) is 16.0 Å². The topological polar surface area (TPSA) is 70.2 Å². The molecule has 0 aliphatic heterocycles. The molecule has 0 unspecified atom stereocenters. The summed E-state index contributed by atoms with van der Waals surface area (Å²) >= 11 is 5.99. The smallest absolute Gasteiger partial charge is 0.243 e. The third-order valence-electron chi connectivity index (χ3n) is 3.07. The number of benzene rings is 2. The van der Waals surface area contributed by atoms with Gasteiger partial charge in [0.25, 0.3) is 0 Å². The van der Waals surface area contributed by atoms with Crippen LogP contribution in [-0.2, 0) is 9.59 Å². The van der Waals surface area contributed by atoms with Gasteiger partial charge in [-0.2, -0.15) is 0 Å². The quantitative estimate of drug-likeness (QED) is 0.755. The van der Waals surface area contributed by atoms with Gasteiger partial charge in [-0.05, 0) is 30.3 Å². The second-order valence-corrected chi connectivity index (χ2v) is 5.27. The summed E-state index contributed by atoms with van der Waals surface area (Å²) in [4.78, 5) is 23.3. The fraction of sp³-hybridized carbons (Fsp3) is 0.176. The first-order valence-electron chi connectivity index (χ1n) is 7.26. The lowest BCUT2D eigenvalue weighted by molar-refractivity contribution is -0.116. The van der Waals surface area contributed by atoms with Crippen molar-refractivity contribution >= 4 is 40.5 Å². The van der Waals surface area contributed by atoms with E-state index in [1.807, 2.05) is 6.07 Å². The van der Waals surface area contributed by atoms with Crippen molar-refractivity contribution in [3.63, 3.8) is 0 Å². The largest absolute Gasteiger partial charge is 0.376 e. The van der Waals surface area contributed by atoms with Crippen LogP contribution in [0.2, 0.25) is 5.02 Å². The molecule has 0 aliphatic rings. The number of anilines is 3. The highest BCUT2D eigenvalue weighted by atomic mass is 35.5. The Morgan fingerprint density at radius 3 is 2.43 bits per heavy atom. The van der Waals surface area contributed by atoms with E-state index in [9.17, 15) is 9.59 Å². The molecule has 2 aromatic rings. The highest BCUT2D eigenvalue weighted by Crippen LogP contribution is 2.20. The second-order valence-electron chi connectivity index (χ2n) is 4.86. The summed E-state index contributed by atoms with van der Waals surface area (Å²) in [7, 11) is 0. The second kappa shape index (κ2) is 8.19. The van der Waals surface area contributed by atoms with Gasteiger partial charge in [0.15, 0.2) is 0 Å². The van der Waals surface area contributed by atoms with E-state index in [1.54, 1.807) is 49.4 Å². The molecule has 0 saturated carbocycles. The maximum Gasteiger partial charge on any atom is 0.243 e. The molecule has 3 N–H and O–H groups in total. The van der Waals surface area contributed by atoms with E-state index >= 15 is 0 Å². The molecule has 0 atom stereocenters. The lowest BCUT2D eigenvalue weighted by Gasteiger charge is -2.10. The van der Waals surface area contributed by atoms with Gasteiger partial charge >= 0.3 is 0 Å². The maximum absolute atomic E-state index is 11.9. The van der Waals surface area contributed by atoms with Gasteiger partial charge in [0.1, 0.15) is 0 Å². The lowest BCUT2D eigenvalue weighted by Crippen LogP contribution is -2.22. The first-order valence-corrected chi connectivity index (χ1v) is 7.64. The molecule has 0 heterocycles. The minimum absolute atomic E-state index is 0.0568. The summed E-state index contributed by atoms with van der Waals surface area (Å²) in [6.45, 7) is 1.88. The summed E-state index contributed by atoms with van der Waals surface area (Å²) < 4.78 is 0. The molecule has 0 fully saturated rings. The minimum atomic E-state index is -0.207. The third-order valence-corrected chi connectivity index (χ3v) is 3.40. The van der Waals surface area contributed by atoms with Crippen molar-refractivity contribution in [2.75, 3.05) is 22.5 Å². The summed E-state index contributed by atoms with van der Waals surface area (Å²) in [5, 5.41) is 9.00. The molecule has 2 aromatic carbocycles. The van der Waals surface area contributed by atoms with Crippen molar-refractivity contribution in [2.45, 2.75) is 13.3 Å². The normalized spacial score (nSPS) is 10.0. The number of carbonyl (C=O) groups is 2. The fourth-order valence-electron chi connectivity index (χ4n) is 1.90. The lowest BCUT2D eigenvalue weighted by atomic mass is 10.2. The first kappa shape index (κ1) is 16.8. The van der Waals surface area contributed by atoms with Gasteiger partial charge in [-0.25, -0.2) is 0 Å². The van der Waals surface area contributed by atoms with Crippen LogP contribution in [-0.4, -0.2) is 18.4 Å². The number of para-hydroxylation sites is 1. The van der Waals surface area contributed by atoms with Gasteiger partial charge in [0.05, 0.1) is 17.3 Å². The van der Waals surface area contributed by atoms with E-state index in [-0.39, 0.29) is 18.4 Å². The predicted molar refractivity (Wildman–Crippen MR) is 93.9 cm³/mol. The predicted octanol–water partition coefficient (Wildman–Crippen LogP) is 3.74. The van der Waals surface area contributed by atoms with Crippen LogP contribution in [0.3, 0.4) is 0 Å². The summed E-state index contributed by atoms with van der Waals surface area (Å²) in [6.07, 6.45) is 0.415. The summed E-state index contributed by atoms with van der Waals surface area (Å²) in [6, 6.07) is 14.2. The zero-order valence-corrected chi connectivity index (χ0v) is 13.5. The van der Waals surface area contributed by atoms with E-state index in [0.717, 1.165) is 5.69 Å². The molecular formula is C17H18ClN3O2. The number of nitrogens with one attached hydrogen (secondary N) is 3. The summed E-state index contributed by atoms with van der Waals surface area (Å²) in [5.74, 6) is -0.264. The monoisotopic (exact) mass is 331 g/mol. The van der Waals surface area contributed by atoms with Crippen molar-refractivity contribution in [3.8, 4) is 0 Å². The summed E-state index contributed by atoms with van der Waals surface area (Å²) in [5.41, 5.74) is 2.01. The standard InChI is InChI=1S/C17H18ClN3O2/c1-2-16(22)20-13-7-5-6-12(10-13)19-11-17(23)21-15-9-4-3-8-14(15)18/h3-10,19H,2,11H2,1H3,(H,20,22)(H,21,23). The molecule has 0 aliphatic carbocycles. The molecule has 120 valence electrons. The van der Waals surface area contributed by atoms with Gasteiger partial charge in [0, 0.05) is 17.8 Å². The zero-order chi connectivity index (χ0) is 16.7. The van der Waals surface area contributed by atoms with Crippen molar-refractivity contribution in [1.82, 2.24) is 0 Å². The number of amides is 2. The Kier molecular flexibility index (Phi) is 6.00. The van der Waals surface area contributed by atoms with Gasteiger partial charge in [-0.15, -0.1) is 0 Å². The van der Waals surface area contributed by atoms with Crippen molar-refractivity contribution in [1.29, 1.82) is 0 Å². The number of hydrogen-bond acceptors (Lipinski definition) is 3. The molecule has 0 radical (unpaired) electrons. The Hall–Kier alpha value is -2.53. The molecule has 2 amide bonds. The Balaban J connectivity index is 1.90. The molecule has 0 spiro atoms. The van der Waals surface area contributed by atoms with Crippen molar-refractivity contribution < 1.29 is 9.59 Å².